The zero-order chi connectivity index (χ0) is 20.9. The van der Waals surface area contributed by atoms with E-state index >= 15 is 0 Å². The van der Waals surface area contributed by atoms with Crippen LogP contribution < -0.4 is 11.1 Å². The Balaban J connectivity index is 1.89. The lowest BCUT2D eigenvalue weighted by Gasteiger charge is -2.27. The molecule has 1 aliphatic heterocycles. The molecule has 4 amide bonds. The van der Waals surface area contributed by atoms with Crippen LogP contribution in [0.25, 0.3) is 0 Å². The summed E-state index contributed by atoms with van der Waals surface area (Å²) in [5.41, 5.74) is 6.08. The van der Waals surface area contributed by atoms with E-state index < -0.39 is 35.8 Å². The Labute approximate surface area is 164 Å². The summed E-state index contributed by atoms with van der Waals surface area (Å²) in [7, 11) is 1.33. The molecule has 2 rings (SSSR count). The summed E-state index contributed by atoms with van der Waals surface area (Å²) in [6, 6.07) is 8.06. The molecule has 0 bridgehead atoms. The predicted molar refractivity (Wildman–Crippen MR) is 102 cm³/mol. The number of Topliss-reactive ketones (excluding diaryl/α,β-unsaturated/α-hetero) is 1. The van der Waals surface area contributed by atoms with Crippen molar-refractivity contribution in [2.75, 3.05) is 13.7 Å². The maximum atomic E-state index is 12.4. The SMILES string of the molecule is CN(C(=O)NC(=O)CC(C)(C)CCc1ccccc1)C1C(=O)COC1C(N)=O. The fourth-order valence-corrected chi connectivity index (χ4v) is 3.20. The van der Waals surface area contributed by atoms with Crippen molar-refractivity contribution in [1.29, 1.82) is 0 Å². The number of hydrogen-bond acceptors (Lipinski definition) is 5. The van der Waals surface area contributed by atoms with Crippen LogP contribution in [-0.2, 0) is 25.5 Å². The van der Waals surface area contributed by atoms with Crippen LogP contribution in [0.5, 0.6) is 0 Å². The second-order valence-corrected chi connectivity index (χ2v) is 7.84. The lowest BCUT2D eigenvalue weighted by atomic mass is 9.83. The van der Waals surface area contributed by atoms with Gasteiger partial charge in [0.05, 0.1) is 0 Å². The number of likely N-dealkylation sites (N-methyl/N-ethyl adjacent to an activating group) is 1. The Morgan fingerprint density at radius 2 is 1.89 bits per heavy atom. The number of aryl methyl sites for hydroxylation is 1. The summed E-state index contributed by atoms with van der Waals surface area (Å²) < 4.78 is 5.04. The van der Waals surface area contributed by atoms with Crippen LogP contribution in [0, 0.1) is 5.41 Å². The molecule has 3 N–H and O–H groups in total. The van der Waals surface area contributed by atoms with Crippen molar-refractivity contribution in [2.24, 2.45) is 11.1 Å². The summed E-state index contributed by atoms with van der Waals surface area (Å²) >= 11 is 0. The number of primary amides is 1. The van der Waals surface area contributed by atoms with Crippen LogP contribution in [-0.4, -0.2) is 54.3 Å². The van der Waals surface area contributed by atoms with Crippen molar-refractivity contribution in [3.63, 3.8) is 0 Å². The van der Waals surface area contributed by atoms with E-state index in [-0.39, 0.29) is 18.4 Å². The van der Waals surface area contributed by atoms with Crippen molar-refractivity contribution in [1.82, 2.24) is 10.2 Å². The number of nitrogens with two attached hydrogens (primary N) is 1. The number of nitrogens with one attached hydrogen (secondary N) is 1. The Morgan fingerprint density at radius 1 is 1.25 bits per heavy atom. The minimum Gasteiger partial charge on any atom is -0.367 e. The Kier molecular flexibility index (Phi) is 6.90. The first kappa shape index (κ1) is 21.6. The standard InChI is InChI=1S/C20H27N3O5/c1-20(2,10-9-13-7-5-4-6-8-13)11-15(25)22-19(27)23(3)16-14(24)12-28-17(16)18(21)26/h4-8,16-17H,9-12H2,1-3H3,(H2,21,26)(H,22,25,27). The highest BCUT2D eigenvalue weighted by Gasteiger charge is 2.44. The quantitative estimate of drug-likeness (QED) is 0.722. The van der Waals surface area contributed by atoms with Gasteiger partial charge in [0.25, 0.3) is 0 Å². The van der Waals surface area contributed by atoms with E-state index in [1.165, 1.54) is 12.6 Å². The minimum absolute atomic E-state index is 0.147. The van der Waals surface area contributed by atoms with Crippen LogP contribution in [0.3, 0.4) is 0 Å². The van der Waals surface area contributed by atoms with Gasteiger partial charge in [-0.3, -0.25) is 19.7 Å². The second-order valence-electron chi connectivity index (χ2n) is 7.84. The predicted octanol–water partition coefficient (Wildman–Crippen LogP) is 1.03. The normalized spacial score (nSPS) is 19.3. The molecular formula is C20H27N3O5. The average molecular weight is 389 g/mol. The molecule has 0 spiro atoms. The molecule has 0 saturated carbocycles. The third-order valence-electron chi connectivity index (χ3n) is 4.86. The molecule has 0 aromatic heterocycles. The van der Waals surface area contributed by atoms with Crippen molar-refractivity contribution in [2.45, 2.75) is 45.3 Å². The van der Waals surface area contributed by atoms with Gasteiger partial charge in [-0.2, -0.15) is 0 Å². The van der Waals surface area contributed by atoms with E-state index in [9.17, 15) is 19.2 Å². The summed E-state index contributed by atoms with van der Waals surface area (Å²) in [6.07, 6.45) is 0.532. The first-order chi connectivity index (χ1) is 13.1. The number of nitrogens with zero attached hydrogens (tertiary/aromatic N) is 1. The number of carbonyl (C=O) groups excluding carboxylic acids is 4. The van der Waals surface area contributed by atoms with Gasteiger partial charge in [0.15, 0.2) is 11.9 Å². The third-order valence-corrected chi connectivity index (χ3v) is 4.86. The zero-order valence-corrected chi connectivity index (χ0v) is 16.4. The van der Waals surface area contributed by atoms with Gasteiger partial charge in [0, 0.05) is 13.5 Å². The van der Waals surface area contributed by atoms with Gasteiger partial charge in [-0.15, -0.1) is 0 Å². The smallest absolute Gasteiger partial charge is 0.324 e. The van der Waals surface area contributed by atoms with Gasteiger partial charge in [-0.05, 0) is 23.8 Å². The van der Waals surface area contributed by atoms with Crippen molar-refractivity contribution < 1.29 is 23.9 Å². The highest BCUT2D eigenvalue weighted by Crippen LogP contribution is 2.27. The molecule has 1 aromatic rings. The number of ketones is 1. The highest BCUT2D eigenvalue weighted by atomic mass is 16.5. The summed E-state index contributed by atoms with van der Waals surface area (Å²) in [5.74, 6) is -1.71. The van der Waals surface area contributed by atoms with Crippen LogP contribution in [0.1, 0.15) is 32.3 Å². The lowest BCUT2D eigenvalue weighted by molar-refractivity contribution is -0.129. The molecule has 0 radical (unpaired) electrons. The fraction of sp³-hybridized carbons (Fsp3) is 0.500. The molecule has 2 atom stereocenters. The molecule has 28 heavy (non-hydrogen) atoms. The second kappa shape index (κ2) is 8.97. The molecule has 152 valence electrons. The topological polar surface area (TPSA) is 119 Å². The number of ether oxygens (including phenoxy) is 1. The molecule has 0 aliphatic carbocycles. The first-order valence-corrected chi connectivity index (χ1v) is 9.15. The summed E-state index contributed by atoms with van der Waals surface area (Å²) in [5, 5.41) is 2.28. The van der Waals surface area contributed by atoms with Crippen molar-refractivity contribution in [3.05, 3.63) is 35.9 Å². The zero-order valence-electron chi connectivity index (χ0n) is 16.4. The average Bonchev–Trinajstić information content (AvgIpc) is 3.01. The van der Waals surface area contributed by atoms with Crippen molar-refractivity contribution in [3.8, 4) is 0 Å². The van der Waals surface area contributed by atoms with E-state index in [1.807, 2.05) is 44.2 Å². The van der Waals surface area contributed by atoms with Gasteiger partial charge >= 0.3 is 6.03 Å². The molecule has 1 aliphatic rings. The monoisotopic (exact) mass is 389 g/mol. The van der Waals surface area contributed by atoms with Crippen LogP contribution in [0.2, 0.25) is 0 Å². The largest absolute Gasteiger partial charge is 0.367 e. The number of imide groups is 1. The molecule has 2 unspecified atom stereocenters. The van der Waals surface area contributed by atoms with Crippen molar-refractivity contribution >= 4 is 23.6 Å². The first-order valence-electron chi connectivity index (χ1n) is 9.15. The molecule has 1 heterocycles. The Hall–Kier alpha value is -2.74. The number of amides is 4. The molecule has 8 heteroatoms. The molecule has 1 fully saturated rings. The van der Waals surface area contributed by atoms with E-state index in [0.29, 0.717) is 0 Å². The third kappa shape index (κ3) is 5.63. The van der Waals surface area contributed by atoms with Gasteiger partial charge in [0.2, 0.25) is 11.8 Å². The maximum absolute atomic E-state index is 12.4. The fourth-order valence-electron chi connectivity index (χ4n) is 3.20. The van der Waals surface area contributed by atoms with Gasteiger partial charge in [-0.25, -0.2) is 4.79 Å². The van der Waals surface area contributed by atoms with E-state index in [4.69, 9.17) is 10.5 Å². The molecular weight excluding hydrogens is 362 g/mol. The van der Waals surface area contributed by atoms with Crippen LogP contribution in [0.15, 0.2) is 30.3 Å². The minimum atomic E-state index is -1.21. The van der Waals surface area contributed by atoms with Gasteiger partial charge in [-0.1, -0.05) is 44.2 Å². The van der Waals surface area contributed by atoms with Crippen LogP contribution in [0.4, 0.5) is 4.79 Å². The van der Waals surface area contributed by atoms with E-state index in [2.05, 4.69) is 5.32 Å². The highest BCUT2D eigenvalue weighted by molar-refractivity contribution is 6.00. The summed E-state index contributed by atoms with van der Waals surface area (Å²) in [4.78, 5) is 49.0. The lowest BCUT2D eigenvalue weighted by Crippen LogP contribution is -2.54. The number of urea groups is 1. The molecule has 1 aromatic carbocycles. The number of hydrogen-bond donors (Lipinski definition) is 2. The van der Waals surface area contributed by atoms with Gasteiger partial charge < -0.3 is 15.4 Å². The number of carbonyl (C=O) groups is 4. The Morgan fingerprint density at radius 3 is 2.50 bits per heavy atom. The van der Waals surface area contributed by atoms with Crippen LogP contribution >= 0.6 is 0 Å². The number of rotatable bonds is 7. The van der Waals surface area contributed by atoms with E-state index in [0.717, 1.165) is 17.7 Å². The number of benzene rings is 1. The maximum Gasteiger partial charge on any atom is 0.324 e. The Bertz CT molecular complexity index is 747. The van der Waals surface area contributed by atoms with Gasteiger partial charge in [0.1, 0.15) is 12.6 Å². The van der Waals surface area contributed by atoms with E-state index in [1.54, 1.807) is 0 Å². The molecule has 1 saturated heterocycles. The summed E-state index contributed by atoms with van der Waals surface area (Å²) in [6.45, 7) is 3.62. The molecule has 8 nitrogen and oxygen atoms in total.